The summed E-state index contributed by atoms with van der Waals surface area (Å²) in [5.74, 6) is -0.731. The lowest BCUT2D eigenvalue weighted by molar-refractivity contribution is 0.0697. The van der Waals surface area contributed by atoms with Crippen LogP contribution in [0.5, 0.6) is 0 Å². The highest BCUT2D eigenvalue weighted by Crippen LogP contribution is 2.11. The third-order valence-corrected chi connectivity index (χ3v) is 2.17. The van der Waals surface area contributed by atoms with Crippen LogP contribution in [0.4, 0.5) is 5.82 Å². The van der Waals surface area contributed by atoms with Crippen LogP contribution in [0.25, 0.3) is 0 Å². The molecule has 1 heterocycles. The van der Waals surface area contributed by atoms with Crippen LogP contribution in [0.1, 0.15) is 30.1 Å². The van der Waals surface area contributed by atoms with E-state index >= 15 is 0 Å². The molecule has 1 aromatic heterocycles. The van der Waals surface area contributed by atoms with Crippen molar-refractivity contribution in [1.29, 1.82) is 0 Å². The smallest absolute Gasteiger partial charge is 0.339 e. The largest absolute Gasteiger partial charge is 0.478 e. The minimum atomic E-state index is -1.03. The van der Waals surface area contributed by atoms with E-state index in [4.69, 9.17) is 5.11 Å². The maximum Gasteiger partial charge on any atom is 0.339 e. The highest BCUT2D eigenvalue weighted by molar-refractivity contribution is 5.92. The predicted octanol–water partition coefficient (Wildman–Crippen LogP) is 1.35. The second-order valence-corrected chi connectivity index (χ2v) is 3.53. The lowest BCUT2D eigenvalue weighted by Crippen LogP contribution is -2.20. The number of aliphatic hydroxyl groups excluding tert-OH is 1. The molecule has 0 aliphatic rings. The van der Waals surface area contributed by atoms with Gasteiger partial charge in [-0.15, -0.1) is 0 Å². The van der Waals surface area contributed by atoms with E-state index in [-0.39, 0.29) is 5.56 Å². The number of hydrogen-bond donors (Lipinski definition) is 3. The van der Waals surface area contributed by atoms with Gasteiger partial charge in [0.25, 0.3) is 0 Å². The van der Waals surface area contributed by atoms with Crippen molar-refractivity contribution in [2.24, 2.45) is 0 Å². The van der Waals surface area contributed by atoms with E-state index in [1.54, 1.807) is 6.07 Å². The Labute approximate surface area is 94.1 Å². The zero-order valence-corrected chi connectivity index (χ0v) is 9.18. The van der Waals surface area contributed by atoms with Crippen molar-refractivity contribution in [3.8, 4) is 0 Å². The van der Waals surface area contributed by atoms with Crippen LogP contribution in [-0.4, -0.2) is 33.8 Å². The van der Waals surface area contributed by atoms with Crippen LogP contribution in [0.3, 0.4) is 0 Å². The molecule has 0 aliphatic carbocycles. The van der Waals surface area contributed by atoms with Crippen LogP contribution in [0, 0.1) is 0 Å². The average molecular weight is 224 g/mol. The Bertz CT molecular complexity index is 355. The summed E-state index contributed by atoms with van der Waals surface area (Å²) in [6, 6.07) is 3.04. The van der Waals surface area contributed by atoms with E-state index in [1.807, 2.05) is 6.92 Å². The number of aliphatic hydroxyl groups is 1. The summed E-state index contributed by atoms with van der Waals surface area (Å²) in [4.78, 5) is 14.8. The zero-order chi connectivity index (χ0) is 12.0. The third kappa shape index (κ3) is 3.51. The van der Waals surface area contributed by atoms with Gasteiger partial charge in [-0.05, 0) is 18.6 Å². The lowest BCUT2D eigenvalue weighted by atomic mass is 10.2. The molecule has 88 valence electrons. The van der Waals surface area contributed by atoms with Crippen molar-refractivity contribution >= 4 is 11.8 Å². The molecule has 1 unspecified atom stereocenters. The fourth-order valence-corrected chi connectivity index (χ4v) is 1.37. The highest BCUT2D eigenvalue weighted by atomic mass is 16.4. The minimum Gasteiger partial charge on any atom is -0.478 e. The second kappa shape index (κ2) is 6.07. The summed E-state index contributed by atoms with van der Waals surface area (Å²) >= 11 is 0. The monoisotopic (exact) mass is 224 g/mol. The molecule has 3 N–H and O–H groups in total. The van der Waals surface area contributed by atoms with Gasteiger partial charge in [-0.25, -0.2) is 9.78 Å². The van der Waals surface area contributed by atoms with Crippen molar-refractivity contribution in [2.45, 2.75) is 25.9 Å². The van der Waals surface area contributed by atoms with Gasteiger partial charge in [0.1, 0.15) is 11.4 Å². The summed E-state index contributed by atoms with van der Waals surface area (Å²) in [5.41, 5.74) is 0.117. The van der Waals surface area contributed by atoms with Gasteiger partial charge in [0, 0.05) is 12.7 Å². The number of hydrogen-bond acceptors (Lipinski definition) is 4. The summed E-state index contributed by atoms with van der Waals surface area (Å²) in [7, 11) is 0. The van der Waals surface area contributed by atoms with Gasteiger partial charge in [0.15, 0.2) is 0 Å². The molecule has 0 fully saturated rings. The predicted molar refractivity (Wildman–Crippen MR) is 60.6 cm³/mol. The van der Waals surface area contributed by atoms with Gasteiger partial charge in [-0.2, -0.15) is 0 Å². The van der Waals surface area contributed by atoms with E-state index < -0.39 is 12.1 Å². The number of aromatic nitrogens is 1. The van der Waals surface area contributed by atoms with Gasteiger partial charge in [0.2, 0.25) is 0 Å². The van der Waals surface area contributed by atoms with Crippen LogP contribution in [-0.2, 0) is 0 Å². The average Bonchev–Trinajstić information content (AvgIpc) is 2.27. The molecule has 5 nitrogen and oxygen atoms in total. The molecule has 1 aromatic rings. The Morgan fingerprint density at radius 1 is 1.62 bits per heavy atom. The fraction of sp³-hybridized carbons (Fsp3) is 0.455. The van der Waals surface area contributed by atoms with Crippen LogP contribution >= 0.6 is 0 Å². The molecule has 0 amide bonds. The molecule has 16 heavy (non-hydrogen) atoms. The lowest BCUT2D eigenvalue weighted by Gasteiger charge is -2.12. The first-order chi connectivity index (χ1) is 7.65. The number of carboxylic acid groups (broad SMARTS) is 1. The molecule has 0 saturated heterocycles. The molecule has 0 saturated carbocycles. The summed E-state index contributed by atoms with van der Waals surface area (Å²) in [5, 5.41) is 21.2. The first kappa shape index (κ1) is 12.4. The molecular weight excluding hydrogens is 208 g/mol. The van der Waals surface area contributed by atoms with Crippen molar-refractivity contribution in [2.75, 3.05) is 11.9 Å². The maximum absolute atomic E-state index is 10.8. The van der Waals surface area contributed by atoms with Crippen molar-refractivity contribution in [1.82, 2.24) is 4.98 Å². The molecule has 1 rings (SSSR count). The minimum absolute atomic E-state index is 0.117. The quantitative estimate of drug-likeness (QED) is 0.679. The number of carboxylic acids is 1. The van der Waals surface area contributed by atoms with E-state index in [1.165, 1.54) is 12.3 Å². The Hall–Kier alpha value is -1.62. The number of nitrogens with zero attached hydrogens (tertiary/aromatic N) is 1. The number of rotatable bonds is 6. The highest BCUT2D eigenvalue weighted by Gasteiger charge is 2.11. The number of anilines is 1. The molecule has 0 radical (unpaired) electrons. The van der Waals surface area contributed by atoms with Crippen LogP contribution in [0.15, 0.2) is 18.3 Å². The molecule has 0 bridgehead atoms. The number of pyridine rings is 1. The normalized spacial score (nSPS) is 12.1. The van der Waals surface area contributed by atoms with Gasteiger partial charge >= 0.3 is 5.97 Å². The van der Waals surface area contributed by atoms with Gasteiger partial charge in [0.05, 0.1) is 6.10 Å². The molecule has 5 heteroatoms. The molecule has 0 aliphatic heterocycles. The molecule has 0 spiro atoms. The number of nitrogens with one attached hydrogen (secondary N) is 1. The molecule has 1 atom stereocenters. The maximum atomic E-state index is 10.8. The molecular formula is C11H16N2O3. The number of aromatic carboxylic acids is 1. The van der Waals surface area contributed by atoms with Gasteiger partial charge in [-0.3, -0.25) is 0 Å². The summed E-state index contributed by atoms with van der Waals surface area (Å²) in [6.45, 7) is 2.29. The van der Waals surface area contributed by atoms with E-state index in [2.05, 4.69) is 10.3 Å². The first-order valence-corrected chi connectivity index (χ1v) is 5.25. The Morgan fingerprint density at radius 3 is 3.00 bits per heavy atom. The van der Waals surface area contributed by atoms with Crippen molar-refractivity contribution < 1.29 is 15.0 Å². The summed E-state index contributed by atoms with van der Waals surface area (Å²) < 4.78 is 0. The standard InChI is InChI=1S/C11H16N2O3/c1-2-4-8(14)7-13-10-9(11(15)16)5-3-6-12-10/h3,5-6,8,14H,2,4,7H2,1H3,(H,12,13)(H,15,16). The van der Waals surface area contributed by atoms with Crippen molar-refractivity contribution in [3.05, 3.63) is 23.9 Å². The SMILES string of the molecule is CCCC(O)CNc1ncccc1C(=O)O. The Kier molecular flexibility index (Phi) is 4.72. The van der Waals surface area contributed by atoms with Crippen LogP contribution in [0.2, 0.25) is 0 Å². The van der Waals surface area contributed by atoms with E-state index in [9.17, 15) is 9.90 Å². The first-order valence-electron chi connectivity index (χ1n) is 5.25. The van der Waals surface area contributed by atoms with Gasteiger partial charge in [-0.1, -0.05) is 13.3 Å². The summed E-state index contributed by atoms with van der Waals surface area (Å²) in [6.07, 6.45) is 2.61. The van der Waals surface area contributed by atoms with Crippen LogP contribution < -0.4 is 5.32 Å². The van der Waals surface area contributed by atoms with Crippen molar-refractivity contribution in [3.63, 3.8) is 0 Å². The topological polar surface area (TPSA) is 82.5 Å². The second-order valence-electron chi connectivity index (χ2n) is 3.53. The van der Waals surface area contributed by atoms with Gasteiger partial charge < -0.3 is 15.5 Å². The van der Waals surface area contributed by atoms with E-state index in [0.717, 1.165) is 6.42 Å². The Balaban J connectivity index is 2.63. The zero-order valence-electron chi connectivity index (χ0n) is 9.18. The number of carbonyl (C=O) groups is 1. The third-order valence-electron chi connectivity index (χ3n) is 2.17. The Morgan fingerprint density at radius 2 is 2.38 bits per heavy atom. The molecule has 0 aromatic carbocycles. The fourth-order valence-electron chi connectivity index (χ4n) is 1.37. The van der Waals surface area contributed by atoms with E-state index in [0.29, 0.717) is 18.8 Å².